The number of aromatic nitrogens is 2. The van der Waals surface area contributed by atoms with E-state index in [0.717, 1.165) is 12.5 Å². The van der Waals surface area contributed by atoms with Crippen LogP contribution >= 0.6 is 0 Å². The number of nitrogens with one attached hydrogen (secondary N) is 1. The number of aryl methyl sites for hydroxylation is 1. The predicted octanol–water partition coefficient (Wildman–Crippen LogP) is 1.90. The van der Waals surface area contributed by atoms with Gasteiger partial charge in [-0.1, -0.05) is 31.8 Å². The molecule has 0 atom stereocenters. The molecule has 0 bridgehead atoms. The molecule has 1 N–H and O–H groups in total. The maximum Gasteiger partial charge on any atom is 0.240 e. The van der Waals surface area contributed by atoms with Crippen molar-refractivity contribution < 1.29 is 4.52 Å². The summed E-state index contributed by atoms with van der Waals surface area (Å²) in [6.07, 6.45) is 2.43. The van der Waals surface area contributed by atoms with Gasteiger partial charge in [0.25, 0.3) is 0 Å². The van der Waals surface area contributed by atoms with E-state index in [0.29, 0.717) is 18.3 Å². The summed E-state index contributed by atoms with van der Waals surface area (Å²) in [6.45, 7) is 7.96. The van der Waals surface area contributed by atoms with E-state index in [9.17, 15) is 0 Å². The van der Waals surface area contributed by atoms with E-state index >= 15 is 0 Å². The van der Waals surface area contributed by atoms with Crippen molar-refractivity contribution in [2.24, 2.45) is 5.92 Å². The Balaban J connectivity index is 2.21. The van der Waals surface area contributed by atoms with E-state index in [2.05, 4.69) is 29.3 Å². The molecule has 4 heteroatoms. The zero-order chi connectivity index (χ0) is 10.4. The summed E-state index contributed by atoms with van der Waals surface area (Å²) in [5.41, 5.74) is 0. The van der Waals surface area contributed by atoms with Gasteiger partial charge in [0.15, 0.2) is 5.82 Å². The number of hydrogen-bond acceptors (Lipinski definition) is 4. The Kier molecular flexibility index (Phi) is 4.59. The largest absolute Gasteiger partial charge is 0.338 e. The first-order valence-corrected chi connectivity index (χ1v) is 5.26. The highest BCUT2D eigenvalue weighted by atomic mass is 16.5. The minimum Gasteiger partial charge on any atom is -0.338 e. The molecule has 0 saturated carbocycles. The van der Waals surface area contributed by atoms with Crippen molar-refractivity contribution in [3.05, 3.63) is 11.7 Å². The van der Waals surface area contributed by atoms with Gasteiger partial charge in [-0.3, -0.25) is 0 Å². The van der Waals surface area contributed by atoms with Crippen molar-refractivity contribution in [2.45, 2.75) is 40.2 Å². The summed E-state index contributed by atoms with van der Waals surface area (Å²) < 4.78 is 4.99. The van der Waals surface area contributed by atoms with Gasteiger partial charge in [0, 0.05) is 0 Å². The van der Waals surface area contributed by atoms with Crippen LogP contribution in [-0.4, -0.2) is 16.7 Å². The number of rotatable bonds is 6. The molecule has 0 radical (unpaired) electrons. The summed E-state index contributed by atoms with van der Waals surface area (Å²) in [5, 5.41) is 7.05. The van der Waals surface area contributed by atoms with Gasteiger partial charge < -0.3 is 9.84 Å². The Morgan fingerprint density at radius 2 is 2.07 bits per heavy atom. The first-order valence-electron chi connectivity index (χ1n) is 5.26. The van der Waals surface area contributed by atoms with E-state index in [4.69, 9.17) is 4.52 Å². The Bertz CT molecular complexity index is 256. The van der Waals surface area contributed by atoms with E-state index in [-0.39, 0.29) is 0 Å². The Hall–Kier alpha value is -0.900. The van der Waals surface area contributed by atoms with Crippen LogP contribution in [-0.2, 0) is 6.54 Å². The lowest BCUT2D eigenvalue weighted by atomic mass is 10.0. The zero-order valence-corrected chi connectivity index (χ0v) is 9.21. The van der Waals surface area contributed by atoms with Crippen molar-refractivity contribution in [1.29, 1.82) is 0 Å². The average Bonchev–Trinajstić information content (AvgIpc) is 2.59. The van der Waals surface area contributed by atoms with Crippen LogP contribution in [0.15, 0.2) is 4.52 Å². The number of hydrogen-bond donors (Lipinski definition) is 1. The molecule has 0 fully saturated rings. The van der Waals surface area contributed by atoms with Crippen LogP contribution in [0.5, 0.6) is 0 Å². The van der Waals surface area contributed by atoms with Crippen molar-refractivity contribution in [1.82, 2.24) is 15.5 Å². The molecule has 1 heterocycles. The molecule has 80 valence electrons. The maximum atomic E-state index is 4.99. The van der Waals surface area contributed by atoms with E-state index in [1.807, 2.05) is 6.92 Å². The molecule has 0 aliphatic rings. The maximum absolute atomic E-state index is 4.99. The van der Waals surface area contributed by atoms with Crippen LogP contribution in [0.25, 0.3) is 0 Å². The van der Waals surface area contributed by atoms with Crippen LogP contribution in [0.4, 0.5) is 0 Å². The second-order valence-electron chi connectivity index (χ2n) is 3.55. The first kappa shape index (κ1) is 11.2. The van der Waals surface area contributed by atoms with Gasteiger partial charge in [0.1, 0.15) is 0 Å². The van der Waals surface area contributed by atoms with Crippen molar-refractivity contribution in [3.63, 3.8) is 0 Å². The molecule has 0 aliphatic carbocycles. The molecule has 0 saturated heterocycles. The van der Waals surface area contributed by atoms with Crippen LogP contribution in [0.1, 0.15) is 38.4 Å². The van der Waals surface area contributed by atoms with E-state index in [1.165, 1.54) is 12.8 Å². The van der Waals surface area contributed by atoms with Gasteiger partial charge in [-0.15, -0.1) is 0 Å². The summed E-state index contributed by atoms with van der Waals surface area (Å²) in [4.78, 5) is 4.12. The molecular formula is C10H19N3O. The van der Waals surface area contributed by atoms with Crippen molar-refractivity contribution >= 4 is 0 Å². The highest BCUT2D eigenvalue weighted by Crippen LogP contribution is 2.05. The molecule has 1 aromatic rings. The molecule has 0 unspecified atom stereocenters. The Morgan fingerprint density at radius 1 is 1.36 bits per heavy atom. The molecule has 0 amide bonds. The quantitative estimate of drug-likeness (QED) is 0.756. The second kappa shape index (κ2) is 5.75. The lowest BCUT2D eigenvalue weighted by Gasteiger charge is -2.11. The fourth-order valence-corrected chi connectivity index (χ4v) is 1.37. The minimum absolute atomic E-state index is 0.674. The van der Waals surface area contributed by atoms with Crippen LogP contribution < -0.4 is 5.32 Å². The topological polar surface area (TPSA) is 51.0 Å². The minimum atomic E-state index is 0.674. The average molecular weight is 197 g/mol. The van der Waals surface area contributed by atoms with Gasteiger partial charge in [-0.05, 0) is 19.4 Å². The van der Waals surface area contributed by atoms with Gasteiger partial charge in [-0.2, -0.15) is 4.98 Å². The second-order valence-corrected chi connectivity index (χ2v) is 3.55. The summed E-state index contributed by atoms with van der Waals surface area (Å²) in [6, 6.07) is 0. The summed E-state index contributed by atoms with van der Waals surface area (Å²) >= 11 is 0. The van der Waals surface area contributed by atoms with Crippen LogP contribution in [0.2, 0.25) is 0 Å². The predicted molar refractivity (Wildman–Crippen MR) is 54.8 cm³/mol. The third-order valence-electron chi connectivity index (χ3n) is 2.43. The monoisotopic (exact) mass is 197 g/mol. The molecule has 0 aromatic carbocycles. The van der Waals surface area contributed by atoms with Gasteiger partial charge in [-0.25, -0.2) is 0 Å². The van der Waals surface area contributed by atoms with Gasteiger partial charge >= 0.3 is 0 Å². The van der Waals surface area contributed by atoms with E-state index < -0.39 is 0 Å². The SMILES string of the molecule is CCC(CC)CNCc1nc(C)no1. The third-order valence-corrected chi connectivity index (χ3v) is 2.43. The summed E-state index contributed by atoms with van der Waals surface area (Å²) in [5.74, 6) is 2.12. The molecule has 1 aromatic heterocycles. The van der Waals surface area contributed by atoms with Gasteiger partial charge in [0.2, 0.25) is 5.89 Å². The Morgan fingerprint density at radius 3 is 2.57 bits per heavy atom. The molecule has 0 aliphatic heterocycles. The molecule has 14 heavy (non-hydrogen) atoms. The smallest absolute Gasteiger partial charge is 0.240 e. The first-order chi connectivity index (χ1) is 6.76. The highest BCUT2D eigenvalue weighted by molar-refractivity contribution is 4.81. The standard InChI is InChI=1S/C10H19N3O/c1-4-9(5-2)6-11-7-10-12-8(3)13-14-10/h9,11H,4-7H2,1-3H3. The molecule has 4 nitrogen and oxygen atoms in total. The summed E-state index contributed by atoms with van der Waals surface area (Å²) in [7, 11) is 0. The van der Waals surface area contributed by atoms with Crippen LogP contribution in [0.3, 0.4) is 0 Å². The fraction of sp³-hybridized carbons (Fsp3) is 0.800. The lowest BCUT2D eigenvalue weighted by Crippen LogP contribution is -2.21. The lowest BCUT2D eigenvalue weighted by molar-refractivity contribution is 0.354. The molecular weight excluding hydrogens is 178 g/mol. The van der Waals surface area contributed by atoms with Gasteiger partial charge in [0.05, 0.1) is 6.54 Å². The molecule has 0 spiro atoms. The third kappa shape index (κ3) is 3.46. The fourth-order valence-electron chi connectivity index (χ4n) is 1.37. The van der Waals surface area contributed by atoms with Crippen LogP contribution in [0, 0.1) is 12.8 Å². The zero-order valence-electron chi connectivity index (χ0n) is 9.21. The van der Waals surface area contributed by atoms with Crippen molar-refractivity contribution in [3.8, 4) is 0 Å². The highest BCUT2D eigenvalue weighted by Gasteiger charge is 2.05. The number of nitrogens with zero attached hydrogens (tertiary/aromatic N) is 2. The normalized spacial score (nSPS) is 11.1. The van der Waals surface area contributed by atoms with Crippen molar-refractivity contribution in [2.75, 3.05) is 6.54 Å². The van der Waals surface area contributed by atoms with E-state index in [1.54, 1.807) is 0 Å². The molecule has 1 rings (SSSR count). The Labute approximate surface area is 85.1 Å².